The summed E-state index contributed by atoms with van der Waals surface area (Å²) in [7, 11) is 0. The maximum Gasteiger partial charge on any atom is 0.320 e. The lowest BCUT2D eigenvalue weighted by Crippen LogP contribution is -2.49. The molecule has 0 amide bonds. The fraction of sp³-hybridized carbons (Fsp3) is 0.826. The van der Waals surface area contributed by atoms with Crippen LogP contribution in [0.2, 0.25) is 0 Å². The van der Waals surface area contributed by atoms with E-state index in [9.17, 15) is 9.59 Å². The Bertz CT molecular complexity index is 1320. The van der Waals surface area contributed by atoms with E-state index in [4.69, 9.17) is 47.4 Å². The van der Waals surface area contributed by atoms with Crippen LogP contribution in [-0.4, -0.2) is 131 Å². The van der Waals surface area contributed by atoms with Crippen LogP contribution in [0.15, 0.2) is 36.0 Å². The summed E-state index contributed by atoms with van der Waals surface area (Å²) in [6, 6.07) is 0. The molecule has 0 spiro atoms. The van der Waals surface area contributed by atoms with Crippen LogP contribution in [-0.2, 0) is 57.0 Å². The van der Waals surface area contributed by atoms with Crippen LogP contribution in [0.25, 0.3) is 0 Å². The lowest BCUT2D eigenvalue weighted by Gasteiger charge is -2.39. The molecule has 0 N–H and O–H groups in total. The van der Waals surface area contributed by atoms with Crippen LogP contribution < -0.4 is 0 Å². The monoisotopic (exact) mass is 838 g/mol. The Morgan fingerprint density at radius 3 is 2.29 bits per heavy atom. The van der Waals surface area contributed by atoms with Crippen molar-refractivity contribution in [1.29, 1.82) is 0 Å². The van der Waals surface area contributed by atoms with Gasteiger partial charge in [-0.05, 0) is 98.6 Å². The van der Waals surface area contributed by atoms with Crippen molar-refractivity contribution >= 4 is 11.9 Å². The molecule has 13 heteroatoms. The Labute approximate surface area is 355 Å². The lowest BCUT2D eigenvalue weighted by atomic mass is 9.88. The van der Waals surface area contributed by atoms with Gasteiger partial charge in [-0.1, -0.05) is 52.0 Å². The summed E-state index contributed by atoms with van der Waals surface area (Å²) in [5.41, 5.74) is -0.153. The van der Waals surface area contributed by atoms with Gasteiger partial charge in [0.1, 0.15) is 17.8 Å². The molecular weight excluding hydrogens is 759 g/mol. The highest BCUT2D eigenvalue weighted by atomic mass is 16.7. The Hall–Kier alpha value is -2.20. The van der Waals surface area contributed by atoms with E-state index >= 15 is 0 Å². The third kappa shape index (κ3) is 18.0. The van der Waals surface area contributed by atoms with Crippen molar-refractivity contribution in [2.24, 2.45) is 17.8 Å². The smallest absolute Gasteiger partial charge is 0.320 e. The van der Waals surface area contributed by atoms with Crippen LogP contribution in [0.4, 0.5) is 0 Å². The van der Waals surface area contributed by atoms with E-state index in [1.165, 1.54) is 0 Å². The highest BCUT2D eigenvalue weighted by molar-refractivity contribution is 5.72. The zero-order valence-corrected chi connectivity index (χ0v) is 38.4. The number of hydrogen-bond donors (Lipinski definition) is 0. The molecule has 3 aliphatic rings. The molecule has 3 rings (SSSR count). The summed E-state index contributed by atoms with van der Waals surface area (Å²) in [6.45, 7) is 27.9. The number of carbonyl (C=O) groups excluding carboxylic acids is 2. The lowest BCUT2D eigenvalue weighted by molar-refractivity contribution is -0.230. The molecule has 13 unspecified atom stereocenters. The Kier molecular flexibility index (Phi) is 22.8. The van der Waals surface area contributed by atoms with Crippen molar-refractivity contribution < 1.29 is 57.0 Å². The van der Waals surface area contributed by atoms with E-state index in [1.807, 2.05) is 91.5 Å². The fourth-order valence-corrected chi connectivity index (χ4v) is 8.05. The average molecular weight is 838 g/mol. The normalized spacial score (nSPS) is 31.3. The molecule has 13 nitrogen and oxygen atoms in total. The highest BCUT2D eigenvalue weighted by Crippen LogP contribution is 2.38. The zero-order valence-electron chi connectivity index (χ0n) is 38.4. The number of nitrogens with zero attached hydrogens (tertiary/aromatic N) is 1. The van der Waals surface area contributed by atoms with Crippen LogP contribution in [0.5, 0.6) is 0 Å². The molecule has 0 aliphatic carbocycles. The molecule has 3 heterocycles. The van der Waals surface area contributed by atoms with Crippen molar-refractivity contribution in [3.05, 3.63) is 36.0 Å². The summed E-state index contributed by atoms with van der Waals surface area (Å²) >= 11 is 0. The van der Waals surface area contributed by atoms with Crippen LogP contribution in [0, 0.1) is 17.8 Å². The molecule has 0 aromatic rings. The number of esters is 2. The van der Waals surface area contributed by atoms with Gasteiger partial charge in [0.2, 0.25) is 0 Å². The molecular formula is C46H79NO12. The number of cyclic esters (lactones) is 1. The average Bonchev–Trinajstić information content (AvgIpc) is 3.95. The van der Waals surface area contributed by atoms with Crippen molar-refractivity contribution in [2.45, 2.75) is 176 Å². The standard InChI is InChI=1S/C46H79NO12/c1-13-39(55-36(10)52-15-3)34(8)45-40(56-45)28-31(5)18-17-19-32(6)44-33(7)20-21-41(57-43(49)30-47-24-26-50-27-25-47)46(12,59-37(11)53-16-4)23-22-38(29-42(48)58-44)54-35(9)51-14-2/h17-21,31,33-41,44-45H,13-16,22-30H2,1-12H3/b18-17+,21-20-,32-19+. The van der Waals surface area contributed by atoms with Gasteiger partial charge in [0, 0.05) is 44.7 Å². The molecule has 59 heavy (non-hydrogen) atoms. The maximum absolute atomic E-state index is 13.7. The Morgan fingerprint density at radius 1 is 0.966 bits per heavy atom. The summed E-state index contributed by atoms with van der Waals surface area (Å²) in [5.74, 6) is -0.491. The van der Waals surface area contributed by atoms with E-state index in [-0.39, 0.29) is 67.3 Å². The Morgan fingerprint density at radius 2 is 1.63 bits per heavy atom. The minimum absolute atomic E-state index is 0.0124. The van der Waals surface area contributed by atoms with Crippen LogP contribution >= 0.6 is 0 Å². The topological polar surface area (TPSA) is 133 Å². The molecule has 2 saturated heterocycles. The predicted molar refractivity (Wildman–Crippen MR) is 226 cm³/mol. The maximum atomic E-state index is 13.7. The summed E-state index contributed by atoms with van der Waals surface area (Å²) in [4.78, 5) is 29.3. The number of allylic oxidation sites excluding steroid dienone is 3. The first kappa shape index (κ1) is 51.2. The predicted octanol–water partition coefficient (Wildman–Crippen LogP) is 7.55. The van der Waals surface area contributed by atoms with E-state index in [2.05, 4.69) is 26.8 Å². The summed E-state index contributed by atoms with van der Waals surface area (Å²) < 4.78 is 60.4. The molecule has 13 atom stereocenters. The van der Waals surface area contributed by atoms with E-state index in [0.717, 1.165) is 18.4 Å². The second-order valence-corrected chi connectivity index (χ2v) is 16.5. The summed E-state index contributed by atoms with van der Waals surface area (Å²) in [5, 5.41) is 0. The second-order valence-electron chi connectivity index (χ2n) is 16.5. The molecule has 0 aromatic heterocycles. The first-order valence-electron chi connectivity index (χ1n) is 22.3. The molecule has 2 fully saturated rings. The van der Waals surface area contributed by atoms with Gasteiger partial charge in [-0.3, -0.25) is 14.5 Å². The van der Waals surface area contributed by atoms with Gasteiger partial charge in [-0.2, -0.15) is 0 Å². The van der Waals surface area contributed by atoms with Gasteiger partial charge < -0.3 is 47.4 Å². The number of epoxide rings is 1. The largest absolute Gasteiger partial charge is 0.457 e. The first-order chi connectivity index (χ1) is 28.1. The minimum Gasteiger partial charge on any atom is -0.457 e. The van der Waals surface area contributed by atoms with Gasteiger partial charge in [-0.25, -0.2) is 0 Å². The molecule has 0 saturated carbocycles. The van der Waals surface area contributed by atoms with Gasteiger partial charge in [-0.15, -0.1) is 0 Å². The van der Waals surface area contributed by atoms with Crippen molar-refractivity contribution in [3.8, 4) is 0 Å². The van der Waals surface area contributed by atoms with E-state index in [0.29, 0.717) is 59.0 Å². The third-order valence-corrected chi connectivity index (χ3v) is 11.4. The number of ether oxygens (including phenoxy) is 10. The molecule has 0 radical (unpaired) electrons. The van der Waals surface area contributed by atoms with E-state index < -0.39 is 36.5 Å². The highest BCUT2D eigenvalue weighted by Gasteiger charge is 2.46. The zero-order chi connectivity index (χ0) is 43.5. The number of carbonyl (C=O) groups is 2. The van der Waals surface area contributed by atoms with Gasteiger partial charge in [0.25, 0.3) is 0 Å². The van der Waals surface area contributed by atoms with Gasteiger partial charge in [0.15, 0.2) is 18.9 Å². The third-order valence-electron chi connectivity index (χ3n) is 11.4. The number of hydrogen-bond acceptors (Lipinski definition) is 13. The van der Waals surface area contributed by atoms with Crippen molar-refractivity contribution in [3.63, 3.8) is 0 Å². The fourth-order valence-electron chi connectivity index (χ4n) is 8.05. The van der Waals surface area contributed by atoms with Gasteiger partial charge in [0.05, 0.1) is 50.6 Å². The molecule has 0 bridgehead atoms. The quantitative estimate of drug-likeness (QED) is 0.0330. The van der Waals surface area contributed by atoms with Gasteiger partial charge >= 0.3 is 11.9 Å². The minimum atomic E-state index is -1.03. The van der Waals surface area contributed by atoms with Crippen LogP contribution in [0.1, 0.15) is 115 Å². The van der Waals surface area contributed by atoms with Crippen molar-refractivity contribution in [1.82, 2.24) is 4.90 Å². The number of rotatable bonds is 23. The summed E-state index contributed by atoms with van der Waals surface area (Å²) in [6.07, 6.45) is 9.77. The van der Waals surface area contributed by atoms with Crippen LogP contribution in [0.3, 0.4) is 0 Å². The number of morpholine rings is 1. The molecule has 0 aromatic carbocycles. The second kappa shape index (κ2) is 26.3. The SMILES string of the molecule is CCOC(C)OC1CCC(C)(OC(C)OCC)C(OC(=O)CN2CCOCC2)/C=C\C(C)C(/C(C)=C/C=C/C(C)CC2OC2C(C)C(CC)OC(C)OCC)OC(=O)C1. The Balaban J connectivity index is 1.85. The van der Waals surface area contributed by atoms with Crippen molar-refractivity contribution in [2.75, 3.05) is 52.7 Å². The van der Waals surface area contributed by atoms with E-state index in [1.54, 1.807) is 0 Å². The molecule has 340 valence electrons. The first-order valence-corrected chi connectivity index (χ1v) is 22.3. The molecule has 3 aliphatic heterocycles.